The molecule has 0 aliphatic heterocycles. The van der Waals surface area contributed by atoms with Crippen LogP contribution in [0.25, 0.3) is 0 Å². The molecule has 0 radical (unpaired) electrons. The van der Waals surface area contributed by atoms with Crippen molar-refractivity contribution in [1.29, 1.82) is 0 Å². The van der Waals surface area contributed by atoms with E-state index in [2.05, 4.69) is 5.32 Å². The first-order valence-electron chi connectivity index (χ1n) is 10.6. The van der Waals surface area contributed by atoms with E-state index in [4.69, 9.17) is 0 Å². The number of anilines is 1. The summed E-state index contributed by atoms with van der Waals surface area (Å²) in [6, 6.07) is 19.6. The molecule has 0 saturated heterocycles. The van der Waals surface area contributed by atoms with Gasteiger partial charge in [-0.3, -0.25) is 9.10 Å². The molecular formula is C26H30N2O3S. The van der Waals surface area contributed by atoms with Gasteiger partial charge >= 0.3 is 0 Å². The number of nitrogens with one attached hydrogen (secondary N) is 1. The molecule has 168 valence electrons. The number of aryl methyl sites for hydroxylation is 4. The van der Waals surface area contributed by atoms with Crippen molar-refractivity contribution in [3.8, 4) is 0 Å². The van der Waals surface area contributed by atoms with Gasteiger partial charge in [-0.2, -0.15) is 0 Å². The third-order valence-corrected chi connectivity index (χ3v) is 7.28. The molecule has 3 aromatic carbocycles. The minimum absolute atomic E-state index is 0.152. The Morgan fingerprint density at radius 1 is 0.844 bits per heavy atom. The molecule has 0 bridgehead atoms. The van der Waals surface area contributed by atoms with Crippen molar-refractivity contribution in [2.45, 2.75) is 45.6 Å². The van der Waals surface area contributed by atoms with Crippen LogP contribution < -0.4 is 9.62 Å². The Hall–Kier alpha value is -3.12. The number of carbonyl (C=O) groups is 1. The Bertz CT molecular complexity index is 1200. The summed E-state index contributed by atoms with van der Waals surface area (Å²) in [4.78, 5) is 13.1. The summed E-state index contributed by atoms with van der Waals surface area (Å²) >= 11 is 0. The van der Waals surface area contributed by atoms with E-state index in [-0.39, 0.29) is 23.4 Å². The molecule has 32 heavy (non-hydrogen) atoms. The van der Waals surface area contributed by atoms with Gasteiger partial charge in [-0.1, -0.05) is 59.2 Å². The molecule has 3 aromatic rings. The molecular weight excluding hydrogens is 420 g/mol. The molecule has 5 nitrogen and oxygen atoms in total. The molecule has 0 aliphatic rings. The topological polar surface area (TPSA) is 66.5 Å². The Labute approximate surface area is 191 Å². The van der Waals surface area contributed by atoms with Crippen LogP contribution in [-0.2, 0) is 14.8 Å². The Balaban J connectivity index is 1.90. The van der Waals surface area contributed by atoms with Gasteiger partial charge in [0, 0.05) is 0 Å². The number of sulfonamides is 1. The van der Waals surface area contributed by atoms with Crippen LogP contribution in [0, 0.1) is 27.7 Å². The van der Waals surface area contributed by atoms with Gasteiger partial charge in [0.2, 0.25) is 5.91 Å². The highest BCUT2D eigenvalue weighted by Crippen LogP contribution is 2.25. The van der Waals surface area contributed by atoms with Crippen LogP contribution in [0.5, 0.6) is 0 Å². The predicted octanol–water partition coefficient (Wildman–Crippen LogP) is 4.99. The molecule has 1 atom stereocenters. The molecule has 0 aromatic heterocycles. The first kappa shape index (κ1) is 23.5. The minimum Gasteiger partial charge on any atom is -0.348 e. The first-order valence-corrected chi connectivity index (χ1v) is 12.0. The second-order valence-electron chi connectivity index (χ2n) is 8.31. The van der Waals surface area contributed by atoms with E-state index >= 15 is 0 Å². The predicted molar refractivity (Wildman–Crippen MR) is 129 cm³/mol. The zero-order valence-electron chi connectivity index (χ0n) is 19.2. The zero-order valence-corrected chi connectivity index (χ0v) is 20.0. The van der Waals surface area contributed by atoms with Crippen LogP contribution in [0.2, 0.25) is 0 Å². The maximum Gasteiger partial charge on any atom is 0.264 e. The molecule has 0 spiro atoms. The summed E-state index contributed by atoms with van der Waals surface area (Å²) in [6.45, 7) is 9.43. The van der Waals surface area contributed by atoms with Gasteiger partial charge in [-0.25, -0.2) is 8.42 Å². The lowest BCUT2D eigenvalue weighted by Crippen LogP contribution is -2.41. The van der Waals surface area contributed by atoms with Gasteiger partial charge in [0.15, 0.2) is 0 Å². The van der Waals surface area contributed by atoms with Gasteiger partial charge in [0.25, 0.3) is 10.0 Å². The van der Waals surface area contributed by atoms with Gasteiger partial charge in [-0.15, -0.1) is 0 Å². The van der Waals surface area contributed by atoms with Crippen LogP contribution in [-0.4, -0.2) is 20.9 Å². The maximum atomic E-state index is 13.5. The summed E-state index contributed by atoms with van der Waals surface area (Å²) < 4.78 is 28.1. The summed E-state index contributed by atoms with van der Waals surface area (Å²) in [5.41, 5.74) is 5.62. The summed E-state index contributed by atoms with van der Waals surface area (Å²) in [6.07, 6.45) is 0. The quantitative estimate of drug-likeness (QED) is 0.551. The van der Waals surface area contributed by atoms with Crippen molar-refractivity contribution < 1.29 is 13.2 Å². The summed E-state index contributed by atoms with van der Waals surface area (Å²) in [5.74, 6) is -0.366. The summed E-state index contributed by atoms with van der Waals surface area (Å²) in [5, 5.41) is 2.96. The lowest BCUT2D eigenvalue weighted by Gasteiger charge is -2.25. The molecule has 0 aliphatic carbocycles. The van der Waals surface area contributed by atoms with Crippen LogP contribution in [0.1, 0.15) is 40.8 Å². The molecule has 3 rings (SSSR count). The van der Waals surface area contributed by atoms with Crippen LogP contribution >= 0.6 is 0 Å². The lowest BCUT2D eigenvalue weighted by molar-refractivity contribution is -0.120. The van der Waals surface area contributed by atoms with Crippen molar-refractivity contribution in [2.24, 2.45) is 0 Å². The first-order chi connectivity index (χ1) is 15.1. The number of nitrogens with zero attached hydrogens (tertiary/aromatic N) is 1. The molecule has 6 heteroatoms. The number of benzene rings is 3. The van der Waals surface area contributed by atoms with Crippen molar-refractivity contribution in [2.75, 3.05) is 10.8 Å². The van der Waals surface area contributed by atoms with Gasteiger partial charge < -0.3 is 5.32 Å². The fraction of sp³-hybridized carbons (Fsp3) is 0.269. The van der Waals surface area contributed by atoms with E-state index in [1.807, 2.05) is 65.0 Å². The van der Waals surface area contributed by atoms with Crippen molar-refractivity contribution >= 4 is 21.6 Å². The molecule has 1 unspecified atom stereocenters. The summed E-state index contributed by atoms with van der Waals surface area (Å²) in [7, 11) is -3.92. The van der Waals surface area contributed by atoms with E-state index in [0.717, 1.165) is 27.8 Å². The van der Waals surface area contributed by atoms with Crippen molar-refractivity contribution in [3.63, 3.8) is 0 Å². The molecule has 1 N–H and O–H groups in total. The second kappa shape index (κ2) is 9.57. The molecule has 1 amide bonds. The third-order valence-electron chi connectivity index (χ3n) is 5.50. The Kier molecular flexibility index (Phi) is 7.04. The highest BCUT2D eigenvalue weighted by atomic mass is 32.2. The Morgan fingerprint density at radius 3 is 1.97 bits per heavy atom. The van der Waals surface area contributed by atoms with E-state index < -0.39 is 10.0 Å². The van der Waals surface area contributed by atoms with E-state index in [1.165, 1.54) is 4.31 Å². The number of hydrogen-bond donors (Lipinski definition) is 1. The largest absolute Gasteiger partial charge is 0.348 e. The number of carbonyl (C=O) groups excluding carboxylic acids is 1. The lowest BCUT2D eigenvalue weighted by atomic mass is 10.00. The van der Waals surface area contributed by atoms with Crippen LogP contribution in [0.3, 0.4) is 0 Å². The number of hydrogen-bond acceptors (Lipinski definition) is 3. The zero-order chi connectivity index (χ0) is 23.5. The monoisotopic (exact) mass is 450 g/mol. The average molecular weight is 451 g/mol. The van der Waals surface area contributed by atoms with Crippen molar-refractivity contribution in [3.05, 3.63) is 94.5 Å². The normalized spacial score (nSPS) is 12.3. The smallest absolute Gasteiger partial charge is 0.264 e. The second-order valence-corrected chi connectivity index (χ2v) is 10.2. The van der Waals surface area contributed by atoms with E-state index in [0.29, 0.717) is 5.69 Å². The minimum atomic E-state index is -3.92. The van der Waals surface area contributed by atoms with Crippen molar-refractivity contribution in [1.82, 2.24) is 5.32 Å². The van der Waals surface area contributed by atoms with E-state index in [9.17, 15) is 13.2 Å². The number of rotatable bonds is 7. The van der Waals surface area contributed by atoms with Crippen LogP contribution in [0.15, 0.2) is 71.6 Å². The van der Waals surface area contributed by atoms with Gasteiger partial charge in [0.1, 0.15) is 6.54 Å². The average Bonchev–Trinajstić information content (AvgIpc) is 2.74. The van der Waals surface area contributed by atoms with E-state index in [1.54, 1.807) is 36.4 Å². The maximum absolute atomic E-state index is 13.5. The number of amides is 1. The fourth-order valence-electron chi connectivity index (χ4n) is 3.59. The highest BCUT2D eigenvalue weighted by molar-refractivity contribution is 7.92. The fourth-order valence-corrected chi connectivity index (χ4v) is 5.01. The molecule has 0 fully saturated rings. The third kappa shape index (κ3) is 5.37. The highest BCUT2D eigenvalue weighted by Gasteiger charge is 2.27. The molecule has 0 saturated carbocycles. The SMILES string of the molecule is Cc1ccc(N(CC(=O)NC(C)c2cc(C)ccc2C)S(=O)(=O)c2ccc(C)cc2)cc1. The van der Waals surface area contributed by atoms with Gasteiger partial charge in [-0.05, 0) is 70.0 Å². The standard InChI is InChI=1S/C26H30N2O3S/c1-18-7-12-23(13-8-18)28(32(30,31)24-14-9-19(2)10-15-24)17-26(29)27-22(5)25-16-20(3)6-11-21(25)4/h6-16,22H,17H2,1-5H3,(H,27,29). The van der Waals surface area contributed by atoms with Gasteiger partial charge in [0.05, 0.1) is 16.6 Å². The van der Waals surface area contributed by atoms with Crippen LogP contribution in [0.4, 0.5) is 5.69 Å². The Morgan fingerprint density at radius 2 is 1.38 bits per heavy atom. The molecule has 0 heterocycles.